The van der Waals surface area contributed by atoms with Crippen LogP contribution >= 0.6 is 0 Å². The molecule has 1 amide bonds. The fraction of sp³-hybridized carbons (Fsp3) is 0.526. The molecule has 2 fully saturated rings. The van der Waals surface area contributed by atoms with Gasteiger partial charge in [0.2, 0.25) is 0 Å². The zero-order valence-electron chi connectivity index (χ0n) is 16.5. The summed E-state index contributed by atoms with van der Waals surface area (Å²) >= 11 is 0. The highest BCUT2D eigenvalue weighted by molar-refractivity contribution is 6.04. The third-order valence-corrected chi connectivity index (χ3v) is 5.22. The summed E-state index contributed by atoms with van der Waals surface area (Å²) in [6, 6.07) is 4.39. The van der Waals surface area contributed by atoms with Crippen molar-refractivity contribution in [1.82, 2.24) is 9.80 Å². The van der Waals surface area contributed by atoms with Crippen molar-refractivity contribution < 1.29 is 24.2 Å². The van der Waals surface area contributed by atoms with Gasteiger partial charge in [0, 0.05) is 44.8 Å². The number of amidine groups is 1. The number of nitrogens with zero attached hydrogens (tertiary/aromatic N) is 3. The first-order valence-corrected chi connectivity index (χ1v) is 9.54. The molecule has 2 heterocycles. The van der Waals surface area contributed by atoms with Gasteiger partial charge in [0.15, 0.2) is 0 Å². The van der Waals surface area contributed by atoms with E-state index < -0.39 is 6.09 Å². The molecule has 4 N–H and O–H groups in total. The van der Waals surface area contributed by atoms with E-state index in [-0.39, 0.29) is 23.7 Å². The summed E-state index contributed by atoms with van der Waals surface area (Å²) in [4.78, 5) is 29.5. The maximum atomic E-state index is 12.4. The maximum absolute atomic E-state index is 12.4. The van der Waals surface area contributed by atoms with E-state index >= 15 is 0 Å². The Morgan fingerprint density at radius 3 is 2.66 bits per heavy atom. The number of nitrogen functional groups attached to an aromatic ring is 1. The van der Waals surface area contributed by atoms with Crippen molar-refractivity contribution in [2.75, 3.05) is 57.8 Å². The lowest BCUT2D eigenvalue weighted by molar-refractivity contribution is -0.141. The van der Waals surface area contributed by atoms with E-state index in [1.54, 1.807) is 6.07 Å². The van der Waals surface area contributed by atoms with E-state index in [9.17, 15) is 14.7 Å². The molecule has 0 aromatic heterocycles. The van der Waals surface area contributed by atoms with Gasteiger partial charge in [0.25, 0.3) is 0 Å². The number of nitrogens with one attached hydrogen (secondary N) is 1. The lowest BCUT2D eigenvalue weighted by Gasteiger charge is -2.35. The first-order valence-electron chi connectivity index (χ1n) is 9.54. The molecule has 1 atom stereocenters. The summed E-state index contributed by atoms with van der Waals surface area (Å²) in [7, 11) is 1.39. The number of phenols is 1. The van der Waals surface area contributed by atoms with Gasteiger partial charge >= 0.3 is 12.1 Å². The normalized spacial score (nSPS) is 20.5. The van der Waals surface area contributed by atoms with Crippen molar-refractivity contribution >= 4 is 23.6 Å². The second kappa shape index (κ2) is 9.10. The molecule has 2 aliphatic heterocycles. The Hall–Kier alpha value is -2.85. The Kier molecular flexibility index (Phi) is 6.55. The summed E-state index contributed by atoms with van der Waals surface area (Å²) in [6.07, 6.45) is -0.394. The van der Waals surface area contributed by atoms with Crippen LogP contribution in [0.15, 0.2) is 18.2 Å². The second-order valence-corrected chi connectivity index (χ2v) is 7.20. The van der Waals surface area contributed by atoms with Crippen LogP contribution in [0.1, 0.15) is 12.0 Å². The van der Waals surface area contributed by atoms with Crippen LogP contribution in [0.3, 0.4) is 0 Å². The second-order valence-electron chi connectivity index (χ2n) is 7.20. The van der Waals surface area contributed by atoms with Crippen LogP contribution < -0.4 is 10.6 Å². The highest BCUT2D eigenvalue weighted by Crippen LogP contribution is 2.28. The van der Waals surface area contributed by atoms with Crippen molar-refractivity contribution in [3.8, 4) is 5.75 Å². The summed E-state index contributed by atoms with van der Waals surface area (Å²) in [6.45, 7) is 4.98. The number of anilines is 1. The third-order valence-electron chi connectivity index (χ3n) is 5.22. The Labute approximate surface area is 169 Å². The summed E-state index contributed by atoms with van der Waals surface area (Å²) < 4.78 is 10.2. The zero-order chi connectivity index (χ0) is 21.0. The van der Waals surface area contributed by atoms with Gasteiger partial charge in [-0.3, -0.25) is 20.0 Å². The number of ether oxygens (including phenoxy) is 2. The molecule has 158 valence electrons. The fourth-order valence-electron chi connectivity index (χ4n) is 3.62. The van der Waals surface area contributed by atoms with E-state index in [2.05, 4.69) is 14.5 Å². The molecule has 10 heteroatoms. The van der Waals surface area contributed by atoms with Gasteiger partial charge in [-0.2, -0.15) is 0 Å². The van der Waals surface area contributed by atoms with Crippen LogP contribution in [-0.2, 0) is 14.3 Å². The van der Waals surface area contributed by atoms with Crippen LogP contribution in [0.2, 0.25) is 0 Å². The van der Waals surface area contributed by atoms with Gasteiger partial charge in [0.1, 0.15) is 17.7 Å². The summed E-state index contributed by atoms with van der Waals surface area (Å²) in [5.74, 6) is -0.451. The smallest absolute Gasteiger partial charge is 0.414 e. The number of piperazine rings is 1. The minimum Gasteiger partial charge on any atom is -0.508 e. The molecule has 0 radical (unpaired) electrons. The average molecular weight is 405 g/mol. The van der Waals surface area contributed by atoms with Crippen LogP contribution in [0, 0.1) is 5.41 Å². The first kappa shape index (κ1) is 20.9. The Morgan fingerprint density at radius 1 is 1.31 bits per heavy atom. The van der Waals surface area contributed by atoms with Gasteiger partial charge < -0.3 is 25.2 Å². The molecular weight excluding hydrogens is 378 g/mol. The lowest BCUT2D eigenvalue weighted by atomic mass is 10.1. The minimum absolute atomic E-state index is 0.0202. The molecule has 3 rings (SSSR count). The van der Waals surface area contributed by atoms with Crippen molar-refractivity contribution in [2.24, 2.45) is 5.73 Å². The molecule has 1 aromatic rings. The van der Waals surface area contributed by atoms with Gasteiger partial charge in [-0.05, 0) is 18.2 Å². The number of cyclic esters (lactones) is 1. The third kappa shape index (κ3) is 5.15. The highest BCUT2D eigenvalue weighted by atomic mass is 16.6. The zero-order valence-corrected chi connectivity index (χ0v) is 16.5. The Balaban J connectivity index is 1.53. The molecule has 2 saturated heterocycles. The summed E-state index contributed by atoms with van der Waals surface area (Å²) in [5.41, 5.74) is 6.34. The largest absolute Gasteiger partial charge is 0.508 e. The molecule has 29 heavy (non-hydrogen) atoms. The summed E-state index contributed by atoms with van der Waals surface area (Å²) in [5, 5.41) is 17.3. The SMILES string of the molecule is COC(=O)CCN1CCN(CC2CN(c3ccc(O)cc3C(=N)N)C(=O)O2)CC1. The Morgan fingerprint density at radius 2 is 2.00 bits per heavy atom. The monoisotopic (exact) mass is 405 g/mol. The molecule has 1 unspecified atom stereocenters. The maximum Gasteiger partial charge on any atom is 0.414 e. The van der Waals surface area contributed by atoms with Crippen LogP contribution in [-0.4, -0.2) is 91.8 Å². The fourth-order valence-corrected chi connectivity index (χ4v) is 3.62. The van der Waals surface area contributed by atoms with Crippen molar-refractivity contribution in [2.45, 2.75) is 12.5 Å². The van der Waals surface area contributed by atoms with Crippen molar-refractivity contribution in [3.63, 3.8) is 0 Å². The first-order chi connectivity index (χ1) is 13.9. The number of benzene rings is 1. The van der Waals surface area contributed by atoms with Crippen molar-refractivity contribution in [3.05, 3.63) is 23.8 Å². The molecule has 0 aliphatic carbocycles. The number of hydrogen-bond acceptors (Lipinski definition) is 8. The predicted octanol–water partition coefficient (Wildman–Crippen LogP) is 0.182. The number of carbonyl (C=O) groups excluding carboxylic acids is 2. The van der Waals surface area contributed by atoms with Crippen LogP contribution in [0.4, 0.5) is 10.5 Å². The van der Waals surface area contributed by atoms with Gasteiger partial charge in [-0.25, -0.2) is 4.79 Å². The molecule has 2 aliphatic rings. The van der Waals surface area contributed by atoms with E-state index in [1.165, 1.54) is 24.1 Å². The topological polar surface area (TPSA) is 132 Å². The van der Waals surface area contributed by atoms with E-state index in [0.29, 0.717) is 37.3 Å². The number of hydrogen-bond donors (Lipinski definition) is 3. The minimum atomic E-state index is -0.486. The predicted molar refractivity (Wildman–Crippen MR) is 106 cm³/mol. The standard InChI is InChI=1S/C19H27N5O5/c1-28-17(26)4-5-22-6-8-23(9-7-22)11-14-12-24(19(27)29-14)16-3-2-13(25)10-15(16)18(20)21/h2-3,10,14,25H,4-9,11-12H2,1H3,(H3,20,21). The quantitative estimate of drug-likeness (QED) is 0.333. The average Bonchev–Trinajstić information content (AvgIpc) is 3.06. The number of amides is 1. The number of carbonyl (C=O) groups is 2. The molecule has 10 nitrogen and oxygen atoms in total. The van der Waals surface area contributed by atoms with E-state index in [4.69, 9.17) is 15.9 Å². The molecule has 0 spiro atoms. The molecule has 0 bridgehead atoms. The molecular formula is C19H27N5O5. The van der Waals surface area contributed by atoms with Gasteiger partial charge in [-0.1, -0.05) is 0 Å². The lowest BCUT2D eigenvalue weighted by Crippen LogP contribution is -2.49. The number of nitrogens with two attached hydrogens (primary N) is 1. The van der Waals surface area contributed by atoms with Gasteiger partial charge in [-0.15, -0.1) is 0 Å². The number of rotatable bonds is 7. The Bertz CT molecular complexity index is 778. The van der Waals surface area contributed by atoms with E-state index in [1.807, 2.05) is 0 Å². The number of phenolic OH excluding ortho intramolecular Hbond substituents is 1. The van der Waals surface area contributed by atoms with Crippen LogP contribution in [0.25, 0.3) is 0 Å². The van der Waals surface area contributed by atoms with Gasteiger partial charge in [0.05, 0.1) is 25.8 Å². The highest BCUT2D eigenvalue weighted by Gasteiger charge is 2.35. The number of esters is 1. The van der Waals surface area contributed by atoms with Crippen molar-refractivity contribution in [1.29, 1.82) is 5.41 Å². The van der Waals surface area contributed by atoms with E-state index in [0.717, 1.165) is 26.2 Å². The molecule has 1 aromatic carbocycles. The number of aromatic hydroxyl groups is 1. The number of methoxy groups -OCH3 is 1. The molecule has 0 saturated carbocycles. The van der Waals surface area contributed by atoms with Crippen LogP contribution in [0.5, 0.6) is 5.75 Å².